The second-order valence-corrected chi connectivity index (χ2v) is 8.82. The molecule has 2 aromatic carbocycles. The van der Waals surface area contributed by atoms with Crippen molar-refractivity contribution in [2.45, 2.75) is 44.0 Å². The number of amides is 2. The minimum absolute atomic E-state index is 0.163. The third-order valence-electron chi connectivity index (χ3n) is 5.13. The number of rotatable bonds is 8. The van der Waals surface area contributed by atoms with Gasteiger partial charge in [-0.25, -0.2) is 4.39 Å². The average molecular weight is 449 g/mol. The van der Waals surface area contributed by atoms with Crippen LogP contribution in [0.5, 0.6) is 0 Å². The molecule has 2 atom stereocenters. The highest BCUT2D eigenvalue weighted by Gasteiger charge is 2.42. The number of benzene rings is 2. The molecule has 4 nitrogen and oxygen atoms in total. The van der Waals surface area contributed by atoms with Crippen molar-refractivity contribution in [1.82, 2.24) is 10.2 Å². The van der Waals surface area contributed by atoms with Crippen LogP contribution >= 0.6 is 23.4 Å². The van der Waals surface area contributed by atoms with Gasteiger partial charge in [0, 0.05) is 12.3 Å². The fourth-order valence-electron chi connectivity index (χ4n) is 3.50. The molecule has 0 radical (unpaired) electrons. The SMILES string of the molecule is CCCCCCNC(=O)C1CSC(c2ccc(F)cc2)N1C(=O)c1ccccc1Cl. The average Bonchev–Trinajstić information content (AvgIpc) is 3.19. The van der Waals surface area contributed by atoms with Gasteiger partial charge in [0.25, 0.3) is 5.91 Å². The molecule has 1 saturated heterocycles. The summed E-state index contributed by atoms with van der Waals surface area (Å²) in [7, 11) is 0. The Labute approximate surface area is 186 Å². The van der Waals surface area contributed by atoms with Crippen molar-refractivity contribution in [2.75, 3.05) is 12.3 Å². The van der Waals surface area contributed by atoms with Gasteiger partial charge in [0.05, 0.1) is 10.6 Å². The molecule has 1 fully saturated rings. The smallest absolute Gasteiger partial charge is 0.257 e. The standard InChI is InChI=1S/C23H26ClFN2O2S/c1-2-3-4-7-14-26-21(28)20-15-30-23(16-10-12-17(25)13-11-16)27(20)22(29)18-8-5-6-9-19(18)24/h5-6,8-13,20,23H,2-4,7,14-15H2,1H3,(H,26,28). The van der Waals surface area contributed by atoms with Gasteiger partial charge in [-0.3, -0.25) is 9.59 Å². The molecule has 1 aliphatic heterocycles. The first-order valence-corrected chi connectivity index (χ1v) is 11.7. The first-order valence-electron chi connectivity index (χ1n) is 10.2. The Hall–Kier alpha value is -2.05. The summed E-state index contributed by atoms with van der Waals surface area (Å²) in [4.78, 5) is 27.9. The number of nitrogens with zero attached hydrogens (tertiary/aromatic N) is 1. The Morgan fingerprint density at radius 1 is 1.13 bits per heavy atom. The molecule has 30 heavy (non-hydrogen) atoms. The minimum atomic E-state index is -0.611. The molecule has 1 N–H and O–H groups in total. The quantitative estimate of drug-likeness (QED) is 0.547. The van der Waals surface area contributed by atoms with Crippen LogP contribution in [0, 0.1) is 5.82 Å². The number of unbranched alkanes of at least 4 members (excludes halogenated alkanes) is 3. The fraction of sp³-hybridized carbons (Fsp3) is 0.391. The highest BCUT2D eigenvalue weighted by molar-refractivity contribution is 7.99. The number of carbonyl (C=O) groups is 2. The van der Waals surface area contributed by atoms with Gasteiger partial charge in [0.15, 0.2) is 0 Å². The lowest BCUT2D eigenvalue weighted by molar-refractivity contribution is -0.124. The molecule has 2 aromatic rings. The van der Waals surface area contributed by atoms with Crippen molar-refractivity contribution in [2.24, 2.45) is 0 Å². The number of halogens is 2. The lowest BCUT2D eigenvalue weighted by atomic mass is 10.1. The van der Waals surface area contributed by atoms with Gasteiger partial charge in [-0.15, -0.1) is 11.8 Å². The molecule has 0 saturated carbocycles. The van der Waals surface area contributed by atoms with Gasteiger partial charge in [0.1, 0.15) is 17.2 Å². The Morgan fingerprint density at radius 3 is 2.57 bits per heavy atom. The Kier molecular flexibility index (Phi) is 8.16. The van der Waals surface area contributed by atoms with Crippen molar-refractivity contribution in [3.63, 3.8) is 0 Å². The summed E-state index contributed by atoms with van der Waals surface area (Å²) >= 11 is 7.77. The first-order chi connectivity index (χ1) is 14.5. The van der Waals surface area contributed by atoms with E-state index in [2.05, 4.69) is 12.2 Å². The maximum atomic E-state index is 13.4. The van der Waals surface area contributed by atoms with Crippen LogP contribution in [0.1, 0.15) is 53.9 Å². The first kappa shape index (κ1) is 22.6. The molecule has 1 heterocycles. The number of carbonyl (C=O) groups excluding carboxylic acids is 2. The molecule has 160 valence electrons. The molecule has 0 bridgehead atoms. The third kappa shape index (κ3) is 5.35. The van der Waals surface area contributed by atoms with Crippen molar-refractivity contribution < 1.29 is 14.0 Å². The van der Waals surface area contributed by atoms with Crippen molar-refractivity contribution in [1.29, 1.82) is 0 Å². The van der Waals surface area contributed by atoms with Crippen LogP contribution < -0.4 is 5.32 Å². The maximum absolute atomic E-state index is 13.4. The van der Waals surface area contributed by atoms with Crippen LogP contribution in [-0.4, -0.2) is 35.1 Å². The predicted octanol–water partition coefficient (Wildman–Crippen LogP) is 5.43. The molecule has 0 spiro atoms. The minimum Gasteiger partial charge on any atom is -0.354 e. The number of thioether (sulfide) groups is 1. The van der Waals surface area contributed by atoms with E-state index in [4.69, 9.17) is 11.6 Å². The second-order valence-electron chi connectivity index (χ2n) is 7.30. The zero-order valence-corrected chi connectivity index (χ0v) is 18.5. The van der Waals surface area contributed by atoms with Crippen molar-refractivity contribution in [3.8, 4) is 0 Å². The summed E-state index contributed by atoms with van der Waals surface area (Å²) in [5, 5.41) is 2.94. The molecular weight excluding hydrogens is 423 g/mol. The summed E-state index contributed by atoms with van der Waals surface area (Å²) in [6, 6.07) is 12.3. The molecule has 7 heteroatoms. The highest BCUT2D eigenvalue weighted by Crippen LogP contribution is 2.42. The van der Waals surface area contributed by atoms with Gasteiger partial charge in [-0.2, -0.15) is 0 Å². The van der Waals surface area contributed by atoms with E-state index < -0.39 is 6.04 Å². The molecule has 0 aliphatic carbocycles. The number of hydrogen-bond acceptors (Lipinski definition) is 3. The normalized spacial score (nSPS) is 18.4. The summed E-state index contributed by atoms with van der Waals surface area (Å²) in [6.07, 6.45) is 4.25. The van der Waals surface area contributed by atoms with E-state index in [1.54, 1.807) is 41.3 Å². The van der Waals surface area contributed by atoms with E-state index in [-0.39, 0.29) is 23.0 Å². The van der Waals surface area contributed by atoms with Crippen LogP contribution in [0.25, 0.3) is 0 Å². The van der Waals surface area contributed by atoms with Crippen molar-refractivity contribution >= 4 is 35.2 Å². The summed E-state index contributed by atoms with van der Waals surface area (Å²) < 4.78 is 13.4. The van der Waals surface area contributed by atoms with E-state index in [0.717, 1.165) is 31.2 Å². The van der Waals surface area contributed by atoms with Gasteiger partial charge in [-0.05, 0) is 36.2 Å². The molecule has 0 aromatic heterocycles. The van der Waals surface area contributed by atoms with Crippen LogP contribution in [0.15, 0.2) is 48.5 Å². The van der Waals surface area contributed by atoms with Gasteiger partial charge < -0.3 is 10.2 Å². The monoisotopic (exact) mass is 448 g/mol. The van der Waals surface area contributed by atoms with Gasteiger partial charge in [0.2, 0.25) is 5.91 Å². The third-order valence-corrected chi connectivity index (χ3v) is 6.78. The van der Waals surface area contributed by atoms with E-state index in [1.807, 2.05) is 0 Å². The Bertz CT molecular complexity index is 878. The summed E-state index contributed by atoms with van der Waals surface area (Å²) in [5.41, 5.74) is 1.13. The summed E-state index contributed by atoms with van der Waals surface area (Å²) in [6.45, 7) is 2.73. The molecular formula is C23H26ClFN2O2S. The van der Waals surface area contributed by atoms with Crippen LogP contribution in [-0.2, 0) is 4.79 Å². The summed E-state index contributed by atoms with van der Waals surface area (Å²) in [5.74, 6) is -0.332. The van der Waals surface area contributed by atoms with Gasteiger partial charge in [-0.1, -0.05) is 62.1 Å². The maximum Gasteiger partial charge on any atom is 0.257 e. The van der Waals surface area contributed by atoms with Crippen LogP contribution in [0.2, 0.25) is 5.02 Å². The van der Waals surface area contributed by atoms with E-state index in [9.17, 15) is 14.0 Å². The topological polar surface area (TPSA) is 49.4 Å². The van der Waals surface area contributed by atoms with E-state index in [1.165, 1.54) is 23.9 Å². The number of hydrogen-bond donors (Lipinski definition) is 1. The lowest BCUT2D eigenvalue weighted by Gasteiger charge is -2.29. The molecule has 2 unspecified atom stereocenters. The van der Waals surface area contributed by atoms with E-state index in [0.29, 0.717) is 22.9 Å². The second kappa shape index (κ2) is 10.8. The zero-order chi connectivity index (χ0) is 21.5. The van der Waals surface area contributed by atoms with Crippen LogP contribution in [0.4, 0.5) is 4.39 Å². The van der Waals surface area contributed by atoms with Crippen molar-refractivity contribution in [3.05, 3.63) is 70.5 Å². The van der Waals surface area contributed by atoms with Crippen LogP contribution in [0.3, 0.4) is 0 Å². The Balaban J connectivity index is 1.82. The molecule has 2 amide bonds. The van der Waals surface area contributed by atoms with Gasteiger partial charge >= 0.3 is 0 Å². The molecule has 1 aliphatic rings. The number of nitrogens with one attached hydrogen (secondary N) is 1. The fourth-order valence-corrected chi connectivity index (χ4v) is 5.14. The van der Waals surface area contributed by atoms with E-state index >= 15 is 0 Å². The predicted molar refractivity (Wildman–Crippen MR) is 120 cm³/mol. The molecule has 3 rings (SSSR count). The zero-order valence-electron chi connectivity index (χ0n) is 16.9. The lowest BCUT2D eigenvalue weighted by Crippen LogP contribution is -2.48. The largest absolute Gasteiger partial charge is 0.354 e. The highest BCUT2D eigenvalue weighted by atomic mass is 35.5. The Morgan fingerprint density at radius 2 is 1.87 bits per heavy atom.